The third-order valence-electron chi connectivity index (χ3n) is 3.91. The Kier molecular flexibility index (Phi) is 6.36. The normalized spacial score (nSPS) is 11.4. The molecular formula is C21H17FN2O4S. The SMILES string of the molecule is C[C@@H](OC(=O)c1ccc(NC(=O)c2cccs2)cc1)C(=O)Nc1ccccc1F. The summed E-state index contributed by atoms with van der Waals surface area (Å²) >= 11 is 1.32. The van der Waals surface area contributed by atoms with E-state index in [1.54, 1.807) is 35.7 Å². The standard InChI is InChI=1S/C21H17FN2O4S/c1-13(19(25)24-17-6-3-2-5-16(17)22)28-21(27)14-8-10-15(11-9-14)23-20(26)18-7-4-12-29-18/h2-13H,1H3,(H,23,26)(H,24,25)/t13-/m1/s1. The molecule has 0 saturated heterocycles. The van der Waals surface area contributed by atoms with E-state index in [1.165, 1.54) is 48.6 Å². The van der Waals surface area contributed by atoms with Crippen molar-refractivity contribution in [2.45, 2.75) is 13.0 Å². The number of hydrogen-bond donors (Lipinski definition) is 2. The fourth-order valence-corrected chi connectivity index (χ4v) is 2.99. The summed E-state index contributed by atoms with van der Waals surface area (Å²) in [5, 5.41) is 6.90. The van der Waals surface area contributed by atoms with Gasteiger partial charge in [-0.25, -0.2) is 9.18 Å². The summed E-state index contributed by atoms with van der Waals surface area (Å²) in [7, 11) is 0. The van der Waals surface area contributed by atoms with Crippen LogP contribution < -0.4 is 10.6 Å². The number of ether oxygens (including phenoxy) is 1. The second-order valence-corrected chi connectivity index (χ2v) is 6.97. The summed E-state index contributed by atoms with van der Waals surface area (Å²) in [4.78, 5) is 37.0. The number of para-hydroxylation sites is 1. The van der Waals surface area contributed by atoms with Crippen LogP contribution in [0.3, 0.4) is 0 Å². The number of thiophene rings is 1. The summed E-state index contributed by atoms with van der Waals surface area (Å²) in [6.45, 7) is 1.39. The van der Waals surface area contributed by atoms with Crippen molar-refractivity contribution in [1.29, 1.82) is 0 Å². The van der Waals surface area contributed by atoms with Crippen molar-refractivity contribution < 1.29 is 23.5 Å². The number of anilines is 2. The first-order valence-electron chi connectivity index (χ1n) is 8.65. The Balaban J connectivity index is 1.56. The highest BCUT2D eigenvalue weighted by Crippen LogP contribution is 2.16. The molecule has 148 valence electrons. The summed E-state index contributed by atoms with van der Waals surface area (Å²) in [5.74, 6) is -2.19. The van der Waals surface area contributed by atoms with Gasteiger partial charge in [0, 0.05) is 5.69 Å². The highest BCUT2D eigenvalue weighted by atomic mass is 32.1. The first kappa shape index (κ1) is 20.2. The van der Waals surface area contributed by atoms with Crippen molar-refractivity contribution >= 4 is 40.5 Å². The molecule has 0 spiro atoms. The fourth-order valence-electron chi connectivity index (χ4n) is 2.37. The van der Waals surface area contributed by atoms with Gasteiger partial charge in [0.2, 0.25) is 0 Å². The van der Waals surface area contributed by atoms with E-state index in [9.17, 15) is 18.8 Å². The number of nitrogens with one attached hydrogen (secondary N) is 2. The molecule has 2 N–H and O–H groups in total. The van der Waals surface area contributed by atoms with Crippen LogP contribution in [0.4, 0.5) is 15.8 Å². The number of benzene rings is 2. The molecule has 1 heterocycles. The van der Waals surface area contributed by atoms with Crippen LogP contribution in [0.5, 0.6) is 0 Å². The lowest BCUT2D eigenvalue weighted by molar-refractivity contribution is -0.123. The molecule has 3 aromatic rings. The Morgan fingerprint density at radius 3 is 2.34 bits per heavy atom. The topological polar surface area (TPSA) is 84.5 Å². The van der Waals surface area contributed by atoms with Crippen LogP contribution in [0.25, 0.3) is 0 Å². The van der Waals surface area contributed by atoms with Gasteiger partial charge >= 0.3 is 5.97 Å². The first-order valence-corrected chi connectivity index (χ1v) is 9.53. The van der Waals surface area contributed by atoms with E-state index in [4.69, 9.17) is 4.74 Å². The molecule has 0 aliphatic heterocycles. The molecule has 29 heavy (non-hydrogen) atoms. The molecular weight excluding hydrogens is 395 g/mol. The maximum absolute atomic E-state index is 13.6. The lowest BCUT2D eigenvalue weighted by atomic mass is 10.2. The van der Waals surface area contributed by atoms with Crippen molar-refractivity contribution in [2.75, 3.05) is 10.6 Å². The lowest BCUT2D eigenvalue weighted by Crippen LogP contribution is -2.30. The second-order valence-electron chi connectivity index (χ2n) is 6.03. The van der Waals surface area contributed by atoms with Crippen molar-refractivity contribution in [1.82, 2.24) is 0 Å². The molecule has 0 aliphatic carbocycles. The Morgan fingerprint density at radius 2 is 1.69 bits per heavy atom. The first-order chi connectivity index (χ1) is 13.9. The number of hydrogen-bond acceptors (Lipinski definition) is 5. The zero-order valence-electron chi connectivity index (χ0n) is 15.3. The van der Waals surface area contributed by atoms with Gasteiger partial charge in [-0.3, -0.25) is 9.59 Å². The molecule has 0 bridgehead atoms. The predicted octanol–water partition coefficient (Wildman–Crippen LogP) is 4.32. The second kappa shape index (κ2) is 9.11. The number of esters is 1. The van der Waals surface area contributed by atoms with Crippen molar-refractivity contribution in [2.24, 2.45) is 0 Å². The van der Waals surface area contributed by atoms with Gasteiger partial charge in [-0.2, -0.15) is 0 Å². The molecule has 0 fully saturated rings. The summed E-state index contributed by atoms with van der Waals surface area (Å²) in [6, 6.07) is 15.3. The number of rotatable bonds is 6. The lowest BCUT2D eigenvalue weighted by Gasteiger charge is -2.14. The van der Waals surface area contributed by atoms with Crippen LogP contribution in [0, 0.1) is 5.82 Å². The molecule has 2 aromatic carbocycles. The molecule has 0 aliphatic rings. The smallest absolute Gasteiger partial charge is 0.338 e. The molecule has 2 amide bonds. The highest BCUT2D eigenvalue weighted by molar-refractivity contribution is 7.12. The fraction of sp³-hybridized carbons (Fsp3) is 0.0952. The van der Waals surface area contributed by atoms with Gasteiger partial charge in [-0.05, 0) is 54.8 Å². The summed E-state index contributed by atoms with van der Waals surface area (Å²) in [6.07, 6.45) is -1.12. The third kappa shape index (κ3) is 5.26. The van der Waals surface area contributed by atoms with Crippen molar-refractivity contribution in [3.63, 3.8) is 0 Å². The van der Waals surface area contributed by atoms with Gasteiger partial charge in [-0.1, -0.05) is 18.2 Å². The molecule has 1 atom stereocenters. The van der Waals surface area contributed by atoms with Crippen LogP contribution in [0.2, 0.25) is 0 Å². The zero-order valence-corrected chi connectivity index (χ0v) is 16.2. The Bertz CT molecular complexity index is 1020. The molecule has 6 nitrogen and oxygen atoms in total. The van der Waals surface area contributed by atoms with Crippen LogP contribution in [-0.4, -0.2) is 23.9 Å². The van der Waals surface area contributed by atoms with E-state index >= 15 is 0 Å². The van der Waals surface area contributed by atoms with Gasteiger partial charge in [0.1, 0.15) is 5.82 Å². The third-order valence-corrected chi connectivity index (χ3v) is 4.78. The zero-order chi connectivity index (χ0) is 20.8. The van der Waals surface area contributed by atoms with Crippen molar-refractivity contribution in [3.05, 3.63) is 82.3 Å². The van der Waals surface area contributed by atoms with E-state index in [-0.39, 0.29) is 17.2 Å². The van der Waals surface area contributed by atoms with Crippen molar-refractivity contribution in [3.8, 4) is 0 Å². The predicted molar refractivity (Wildman–Crippen MR) is 109 cm³/mol. The summed E-state index contributed by atoms with van der Waals surface area (Å²) < 4.78 is 18.7. The molecule has 0 saturated carbocycles. The van der Waals surface area contributed by atoms with E-state index in [2.05, 4.69) is 10.6 Å². The summed E-state index contributed by atoms with van der Waals surface area (Å²) in [5.41, 5.74) is 0.737. The highest BCUT2D eigenvalue weighted by Gasteiger charge is 2.20. The van der Waals surface area contributed by atoms with Gasteiger partial charge in [0.15, 0.2) is 6.10 Å². The minimum absolute atomic E-state index is 0.00577. The van der Waals surface area contributed by atoms with Crippen LogP contribution in [0.15, 0.2) is 66.0 Å². The van der Waals surface area contributed by atoms with E-state index in [0.717, 1.165) is 0 Å². The molecule has 8 heteroatoms. The average Bonchev–Trinajstić information content (AvgIpc) is 3.25. The molecule has 0 unspecified atom stereocenters. The van der Waals surface area contributed by atoms with Crippen LogP contribution >= 0.6 is 11.3 Å². The van der Waals surface area contributed by atoms with Crippen LogP contribution in [0.1, 0.15) is 27.0 Å². The Hall–Kier alpha value is -3.52. The minimum atomic E-state index is -1.12. The number of halogens is 1. The molecule has 0 radical (unpaired) electrons. The minimum Gasteiger partial charge on any atom is -0.449 e. The number of carbonyl (C=O) groups excluding carboxylic acids is 3. The van der Waals surface area contributed by atoms with E-state index in [1.807, 2.05) is 0 Å². The molecule has 1 aromatic heterocycles. The maximum Gasteiger partial charge on any atom is 0.338 e. The van der Waals surface area contributed by atoms with Gasteiger partial charge in [-0.15, -0.1) is 11.3 Å². The van der Waals surface area contributed by atoms with Gasteiger partial charge in [0.25, 0.3) is 11.8 Å². The van der Waals surface area contributed by atoms with Gasteiger partial charge < -0.3 is 15.4 Å². The average molecular weight is 412 g/mol. The Morgan fingerprint density at radius 1 is 0.966 bits per heavy atom. The van der Waals surface area contributed by atoms with Crippen LogP contribution in [-0.2, 0) is 9.53 Å². The monoisotopic (exact) mass is 412 g/mol. The van der Waals surface area contributed by atoms with E-state index in [0.29, 0.717) is 10.6 Å². The number of carbonyl (C=O) groups is 3. The number of amides is 2. The largest absolute Gasteiger partial charge is 0.449 e. The maximum atomic E-state index is 13.6. The molecule has 3 rings (SSSR count). The van der Waals surface area contributed by atoms with Gasteiger partial charge in [0.05, 0.1) is 16.1 Å². The van der Waals surface area contributed by atoms with E-state index < -0.39 is 23.8 Å². The quantitative estimate of drug-likeness (QED) is 0.591. The Labute approximate surface area is 170 Å².